The van der Waals surface area contributed by atoms with Crippen LogP contribution in [0.1, 0.15) is 24.8 Å². The molecule has 1 fully saturated rings. The number of hydrogen-bond acceptors (Lipinski definition) is 3. The van der Waals surface area contributed by atoms with Crippen LogP contribution in [0.3, 0.4) is 0 Å². The fraction of sp³-hybridized carbons (Fsp3) is 0.538. The van der Waals surface area contributed by atoms with Crippen LogP contribution in [0.15, 0.2) is 18.3 Å². The third-order valence-corrected chi connectivity index (χ3v) is 3.04. The van der Waals surface area contributed by atoms with E-state index in [1.54, 1.807) is 6.20 Å². The molecule has 4 nitrogen and oxygen atoms in total. The number of carbonyl (C=O) groups is 1. The molecule has 2 heterocycles. The van der Waals surface area contributed by atoms with E-state index in [0.717, 1.165) is 37.3 Å². The normalized spacial score (nSPS) is 15.7. The largest absolute Gasteiger partial charge is 0.361 e. The standard InChI is InChI=1S/C13H19N3O/c1-11-5-6-14-12(9-11)15-10-13(17)16-7-3-2-4-8-16/h5-6,9H,2-4,7-8,10H2,1H3,(H,14,15). The first-order valence-electron chi connectivity index (χ1n) is 6.20. The number of pyridine rings is 1. The number of hydrogen-bond donors (Lipinski definition) is 1. The third kappa shape index (κ3) is 3.44. The van der Waals surface area contributed by atoms with Gasteiger partial charge in [-0.3, -0.25) is 4.79 Å². The number of nitrogens with one attached hydrogen (secondary N) is 1. The van der Waals surface area contributed by atoms with Gasteiger partial charge < -0.3 is 10.2 Å². The number of likely N-dealkylation sites (tertiary alicyclic amines) is 1. The number of anilines is 1. The lowest BCUT2D eigenvalue weighted by molar-refractivity contribution is -0.130. The van der Waals surface area contributed by atoms with Gasteiger partial charge in [0.05, 0.1) is 6.54 Å². The second-order valence-corrected chi connectivity index (χ2v) is 4.51. The Morgan fingerprint density at radius 1 is 1.41 bits per heavy atom. The molecule has 0 atom stereocenters. The van der Waals surface area contributed by atoms with Crippen LogP contribution < -0.4 is 5.32 Å². The van der Waals surface area contributed by atoms with Gasteiger partial charge in [-0.25, -0.2) is 4.98 Å². The highest BCUT2D eigenvalue weighted by Crippen LogP contribution is 2.09. The fourth-order valence-electron chi connectivity index (χ4n) is 2.05. The van der Waals surface area contributed by atoms with Gasteiger partial charge in [-0.1, -0.05) is 0 Å². The minimum absolute atomic E-state index is 0.174. The van der Waals surface area contributed by atoms with Crippen molar-refractivity contribution in [1.29, 1.82) is 0 Å². The zero-order valence-corrected chi connectivity index (χ0v) is 10.3. The molecule has 0 radical (unpaired) electrons. The van der Waals surface area contributed by atoms with Crippen LogP contribution in [0.25, 0.3) is 0 Å². The smallest absolute Gasteiger partial charge is 0.241 e. The maximum atomic E-state index is 11.9. The van der Waals surface area contributed by atoms with Crippen LogP contribution >= 0.6 is 0 Å². The SMILES string of the molecule is Cc1ccnc(NCC(=O)N2CCCCC2)c1. The van der Waals surface area contributed by atoms with Crippen molar-refractivity contribution in [3.63, 3.8) is 0 Å². The quantitative estimate of drug-likeness (QED) is 0.866. The molecule has 0 bridgehead atoms. The zero-order chi connectivity index (χ0) is 12.1. The lowest BCUT2D eigenvalue weighted by Gasteiger charge is -2.26. The highest BCUT2D eigenvalue weighted by Gasteiger charge is 2.15. The predicted molar refractivity (Wildman–Crippen MR) is 67.9 cm³/mol. The minimum Gasteiger partial charge on any atom is -0.361 e. The van der Waals surface area contributed by atoms with Gasteiger partial charge in [-0.15, -0.1) is 0 Å². The van der Waals surface area contributed by atoms with Crippen molar-refractivity contribution in [2.45, 2.75) is 26.2 Å². The van der Waals surface area contributed by atoms with E-state index < -0.39 is 0 Å². The maximum absolute atomic E-state index is 11.9. The first kappa shape index (κ1) is 11.9. The van der Waals surface area contributed by atoms with Crippen molar-refractivity contribution < 1.29 is 4.79 Å². The Balaban J connectivity index is 1.83. The summed E-state index contributed by atoms with van der Waals surface area (Å²) >= 11 is 0. The van der Waals surface area contributed by atoms with E-state index in [1.807, 2.05) is 24.0 Å². The first-order chi connectivity index (χ1) is 8.25. The van der Waals surface area contributed by atoms with E-state index >= 15 is 0 Å². The Bertz CT molecular complexity index is 386. The second-order valence-electron chi connectivity index (χ2n) is 4.51. The van der Waals surface area contributed by atoms with Gasteiger partial charge in [0.15, 0.2) is 0 Å². The summed E-state index contributed by atoms with van der Waals surface area (Å²) in [4.78, 5) is 18.0. The summed E-state index contributed by atoms with van der Waals surface area (Å²) < 4.78 is 0. The zero-order valence-electron chi connectivity index (χ0n) is 10.3. The van der Waals surface area contributed by atoms with E-state index in [-0.39, 0.29) is 5.91 Å². The summed E-state index contributed by atoms with van der Waals surface area (Å²) in [6.45, 7) is 4.17. The molecule has 1 N–H and O–H groups in total. The summed E-state index contributed by atoms with van der Waals surface area (Å²) in [5.74, 6) is 0.948. The van der Waals surface area contributed by atoms with Crippen LogP contribution in [-0.4, -0.2) is 35.4 Å². The molecule has 0 aliphatic carbocycles. The first-order valence-corrected chi connectivity index (χ1v) is 6.20. The Morgan fingerprint density at radius 2 is 2.18 bits per heavy atom. The van der Waals surface area contributed by atoms with Gasteiger partial charge in [0, 0.05) is 19.3 Å². The fourth-order valence-corrected chi connectivity index (χ4v) is 2.05. The molecule has 1 aliphatic heterocycles. The van der Waals surface area contributed by atoms with Crippen LogP contribution in [-0.2, 0) is 4.79 Å². The molecule has 1 aromatic rings. The van der Waals surface area contributed by atoms with E-state index in [4.69, 9.17) is 0 Å². The molecule has 0 unspecified atom stereocenters. The van der Waals surface area contributed by atoms with E-state index in [9.17, 15) is 4.79 Å². The summed E-state index contributed by atoms with van der Waals surface area (Å²) in [7, 11) is 0. The van der Waals surface area contributed by atoms with Crippen molar-refractivity contribution in [1.82, 2.24) is 9.88 Å². The van der Waals surface area contributed by atoms with Gasteiger partial charge >= 0.3 is 0 Å². The molecule has 4 heteroatoms. The topological polar surface area (TPSA) is 45.2 Å². The van der Waals surface area contributed by atoms with Crippen LogP contribution in [0.2, 0.25) is 0 Å². The number of aromatic nitrogens is 1. The number of amides is 1. The molecule has 1 saturated heterocycles. The van der Waals surface area contributed by atoms with Gasteiger partial charge in [0.2, 0.25) is 5.91 Å². The van der Waals surface area contributed by atoms with E-state index in [2.05, 4.69) is 10.3 Å². The van der Waals surface area contributed by atoms with Crippen LogP contribution in [0, 0.1) is 6.92 Å². The summed E-state index contributed by atoms with van der Waals surface area (Å²) in [6, 6.07) is 3.89. The summed E-state index contributed by atoms with van der Waals surface area (Å²) in [6.07, 6.45) is 5.27. The van der Waals surface area contributed by atoms with Crippen molar-refractivity contribution in [2.75, 3.05) is 25.0 Å². The lowest BCUT2D eigenvalue weighted by atomic mass is 10.1. The summed E-state index contributed by atoms with van der Waals surface area (Å²) in [5.41, 5.74) is 1.15. The number of aryl methyl sites for hydroxylation is 1. The van der Waals surface area contributed by atoms with Gasteiger partial charge in [-0.2, -0.15) is 0 Å². The molecule has 0 spiro atoms. The Morgan fingerprint density at radius 3 is 2.88 bits per heavy atom. The number of nitrogens with zero attached hydrogens (tertiary/aromatic N) is 2. The average Bonchev–Trinajstić information content (AvgIpc) is 2.37. The summed E-state index contributed by atoms with van der Waals surface area (Å²) in [5, 5.41) is 3.08. The highest BCUT2D eigenvalue weighted by molar-refractivity contribution is 5.80. The van der Waals surface area contributed by atoms with Gasteiger partial charge in [0.25, 0.3) is 0 Å². The molecular formula is C13H19N3O. The van der Waals surface area contributed by atoms with Crippen LogP contribution in [0.5, 0.6) is 0 Å². The Labute approximate surface area is 102 Å². The predicted octanol–water partition coefficient (Wildman–Crippen LogP) is 1.81. The Kier molecular flexibility index (Phi) is 3.96. The minimum atomic E-state index is 0.174. The van der Waals surface area contributed by atoms with Gasteiger partial charge in [-0.05, 0) is 43.9 Å². The number of rotatable bonds is 3. The molecule has 0 saturated carbocycles. The highest BCUT2D eigenvalue weighted by atomic mass is 16.2. The van der Waals surface area contributed by atoms with Crippen molar-refractivity contribution in [3.05, 3.63) is 23.9 Å². The molecule has 2 rings (SSSR count). The van der Waals surface area contributed by atoms with E-state index in [1.165, 1.54) is 6.42 Å². The van der Waals surface area contributed by atoms with Crippen molar-refractivity contribution in [3.8, 4) is 0 Å². The number of piperidine rings is 1. The molecule has 92 valence electrons. The molecular weight excluding hydrogens is 214 g/mol. The molecule has 1 amide bonds. The van der Waals surface area contributed by atoms with Gasteiger partial charge in [0.1, 0.15) is 5.82 Å². The second kappa shape index (κ2) is 5.66. The van der Waals surface area contributed by atoms with Crippen molar-refractivity contribution in [2.24, 2.45) is 0 Å². The Hall–Kier alpha value is -1.58. The third-order valence-electron chi connectivity index (χ3n) is 3.04. The maximum Gasteiger partial charge on any atom is 0.241 e. The average molecular weight is 233 g/mol. The molecule has 17 heavy (non-hydrogen) atoms. The van der Waals surface area contributed by atoms with Crippen LogP contribution in [0.4, 0.5) is 5.82 Å². The van der Waals surface area contributed by atoms with Crippen molar-refractivity contribution >= 4 is 11.7 Å². The van der Waals surface area contributed by atoms with E-state index in [0.29, 0.717) is 6.54 Å². The number of carbonyl (C=O) groups excluding carboxylic acids is 1. The lowest BCUT2D eigenvalue weighted by Crippen LogP contribution is -2.39. The molecule has 1 aromatic heterocycles. The monoisotopic (exact) mass is 233 g/mol. The molecule has 0 aromatic carbocycles. The molecule has 1 aliphatic rings.